The molecule has 0 atom stereocenters. The lowest BCUT2D eigenvalue weighted by Gasteiger charge is -2.10. The maximum atomic E-state index is 13.5. The van der Waals surface area contributed by atoms with Crippen molar-refractivity contribution in [3.05, 3.63) is 70.0 Å². The van der Waals surface area contributed by atoms with Crippen LogP contribution in [0.5, 0.6) is 0 Å². The molecular weight excluding hydrogens is 359 g/mol. The van der Waals surface area contributed by atoms with E-state index in [4.69, 9.17) is 11.6 Å². The number of halogens is 2. The molecule has 0 unspecified atom stereocenters. The summed E-state index contributed by atoms with van der Waals surface area (Å²) >= 11 is 5.99. The highest BCUT2D eigenvalue weighted by Crippen LogP contribution is 2.63. The standard InChI is InChI=1S/C20H18ClFO2S/c21-18-9-15(5-6-19(18)22)17-11-20(7-8-20)10-16(17)14-3-1-13(2-4-14)12-25(23)24/h1-6,9,25H,7-8,10-12H2. The SMILES string of the molecule is O=[SH](=O)Cc1ccc(C2=C(c3ccc(F)c(Cl)c3)CC3(CC3)C2)cc1. The van der Waals surface area contributed by atoms with Crippen LogP contribution in [0.4, 0.5) is 4.39 Å². The topological polar surface area (TPSA) is 34.1 Å². The van der Waals surface area contributed by atoms with Crippen molar-refractivity contribution in [1.29, 1.82) is 0 Å². The first kappa shape index (κ1) is 16.8. The summed E-state index contributed by atoms with van der Waals surface area (Å²) in [5.41, 5.74) is 5.77. The molecule has 0 aliphatic heterocycles. The van der Waals surface area contributed by atoms with Crippen molar-refractivity contribution >= 4 is 33.5 Å². The quantitative estimate of drug-likeness (QED) is 0.755. The molecule has 1 fully saturated rings. The van der Waals surface area contributed by atoms with E-state index in [-0.39, 0.29) is 10.8 Å². The minimum atomic E-state index is -2.42. The molecule has 1 spiro atoms. The van der Waals surface area contributed by atoms with Crippen molar-refractivity contribution in [3.8, 4) is 0 Å². The third-order valence-electron chi connectivity index (χ3n) is 5.31. The van der Waals surface area contributed by atoms with Gasteiger partial charge in [-0.3, -0.25) is 0 Å². The van der Waals surface area contributed by atoms with Crippen LogP contribution in [0.15, 0.2) is 42.5 Å². The second kappa shape index (κ2) is 6.26. The van der Waals surface area contributed by atoms with Crippen molar-refractivity contribution in [3.63, 3.8) is 0 Å². The fourth-order valence-electron chi connectivity index (χ4n) is 3.75. The Hall–Kier alpha value is -1.65. The zero-order valence-corrected chi connectivity index (χ0v) is 15.2. The molecule has 4 rings (SSSR count). The average Bonchev–Trinajstić information content (AvgIpc) is 3.22. The van der Waals surface area contributed by atoms with Crippen molar-refractivity contribution in [2.75, 3.05) is 0 Å². The van der Waals surface area contributed by atoms with Gasteiger partial charge in [0.05, 0.1) is 10.8 Å². The van der Waals surface area contributed by atoms with E-state index in [9.17, 15) is 12.8 Å². The molecule has 0 amide bonds. The second-order valence-corrected chi connectivity index (χ2v) is 8.52. The Labute approximate surface area is 153 Å². The molecule has 2 aromatic rings. The van der Waals surface area contributed by atoms with Crippen molar-refractivity contribution in [1.82, 2.24) is 0 Å². The number of thiol groups is 1. The van der Waals surface area contributed by atoms with Crippen molar-refractivity contribution in [2.45, 2.75) is 31.4 Å². The van der Waals surface area contributed by atoms with Crippen molar-refractivity contribution in [2.24, 2.45) is 5.41 Å². The summed E-state index contributed by atoms with van der Waals surface area (Å²) in [5, 5.41) is 0.149. The molecule has 0 N–H and O–H groups in total. The molecule has 0 heterocycles. The molecule has 0 aromatic heterocycles. The Morgan fingerprint density at radius 2 is 1.56 bits per heavy atom. The van der Waals surface area contributed by atoms with Gasteiger partial charge in [-0.25, -0.2) is 12.8 Å². The van der Waals surface area contributed by atoms with Gasteiger partial charge >= 0.3 is 0 Å². The van der Waals surface area contributed by atoms with Crippen molar-refractivity contribution < 1.29 is 12.8 Å². The summed E-state index contributed by atoms with van der Waals surface area (Å²) < 4.78 is 35.3. The number of hydrogen-bond donors (Lipinski definition) is 1. The lowest BCUT2D eigenvalue weighted by atomic mass is 9.96. The van der Waals surface area contributed by atoms with Gasteiger partial charge in [0, 0.05) is 0 Å². The van der Waals surface area contributed by atoms with Crippen LogP contribution >= 0.6 is 11.6 Å². The minimum Gasteiger partial charge on any atom is -0.232 e. The lowest BCUT2D eigenvalue weighted by Crippen LogP contribution is -1.93. The number of benzene rings is 2. The van der Waals surface area contributed by atoms with E-state index < -0.39 is 16.5 Å². The molecule has 0 radical (unpaired) electrons. The molecule has 2 aromatic carbocycles. The highest BCUT2D eigenvalue weighted by molar-refractivity contribution is 7.71. The lowest BCUT2D eigenvalue weighted by molar-refractivity contribution is 0.568. The number of allylic oxidation sites excluding steroid dienone is 2. The van der Waals surface area contributed by atoms with Crippen LogP contribution in [0.25, 0.3) is 11.1 Å². The fourth-order valence-corrected chi connectivity index (χ4v) is 4.44. The van der Waals surface area contributed by atoms with E-state index in [2.05, 4.69) is 0 Å². The summed E-state index contributed by atoms with van der Waals surface area (Å²) in [5.74, 6) is -0.332. The highest BCUT2D eigenvalue weighted by Gasteiger charge is 2.48. The smallest absolute Gasteiger partial charge is 0.144 e. The van der Waals surface area contributed by atoms with Crippen LogP contribution in [-0.2, 0) is 16.5 Å². The molecule has 2 aliphatic rings. The molecule has 1 saturated carbocycles. The van der Waals surface area contributed by atoms with Crippen LogP contribution in [-0.4, -0.2) is 8.42 Å². The summed E-state index contributed by atoms with van der Waals surface area (Å²) in [4.78, 5) is 0. The predicted molar refractivity (Wildman–Crippen MR) is 99.6 cm³/mol. The van der Waals surface area contributed by atoms with Gasteiger partial charge in [-0.1, -0.05) is 41.9 Å². The van der Waals surface area contributed by atoms with Gasteiger partial charge < -0.3 is 0 Å². The third-order valence-corrected chi connectivity index (χ3v) is 6.22. The van der Waals surface area contributed by atoms with Crippen LogP contribution in [0.2, 0.25) is 5.02 Å². The maximum Gasteiger partial charge on any atom is 0.144 e. The molecule has 0 bridgehead atoms. The first-order chi connectivity index (χ1) is 12.0. The normalized spacial score (nSPS) is 18.4. The van der Waals surface area contributed by atoms with Gasteiger partial charge in [0.2, 0.25) is 0 Å². The van der Waals surface area contributed by atoms with E-state index in [1.807, 2.05) is 24.3 Å². The van der Waals surface area contributed by atoms with E-state index in [0.717, 1.165) is 29.5 Å². The van der Waals surface area contributed by atoms with Gasteiger partial charge in [0.1, 0.15) is 16.5 Å². The maximum absolute atomic E-state index is 13.5. The van der Waals surface area contributed by atoms with E-state index in [1.54, 1.807) is 12.1 Å². The Morgan fingerprint density at radius 1 is 0.960 bits per heavy atom. The molecule has 2 nitrogen and oxygen atoms in total. The summed E-state index contributed by atoms with van der Waals surface area (Å²) in [6.07, 6.45) is 4.47. The van der Waals surface area contributed by atoms with Gasteiger partial charge in [0.25, 0.3) is 0 Å². The Kier molecular flexibility index (Phi) is 4.20. The molecule has 5 heteroatoms. The fraction of sp³-hybridized carbons (Fsp3) is 0.300. The first-order valence-corrected chi connectivity index (χ1v) is 10.1. The van der Waals surface area contributed by atoms with Crippen LogP contribution in [0.3, 0.4) is 0 Å². The predicted octanol–water partition coefficient (Wildman–Crippen LogP) is 5.08. The zero-order chi connectivity index (χ0) is 17.6. The average molecular weight is 377 g/mol. The molecule has 0 saturated heterocycles. The molecular formula is C20H18ClFO2S. The van der Waals surface area contributed by atoms with Gasteiger partial charge in [-0.2, -0.15) is 0 Å². The Morgan fingerprint density at radius 3 is 2.12 bits per heavy atom. The summed E-state index contributed by atoms with van der Waals surface area (Å²) in [6.45, 7) is 0. The van der Waals surface area contributed by atoms with Crippen LogP contribution in [0, 0.1) is 11.2 Å². The Balaban J connectivity index is 1.74. The summed E-state index contributed by atoms with van der Waals surface area (Å²) in [7, 11) is -2.42. The number of rotatable bonds is 4. The summed E-state index contributed by atoms with van der Waals surface area (Å²) in [6, 6.07) is 12.7. The molecule has 25 heavy (non-hydrogen) atoms. The van der Waals surface area contributed by atoms with Gasteiger partial charge in [0.15, 0.2) is 0 Å². The molecule has 2 aliphatic carbocycles. The monoisotopic (exact) mass is 376 g/mol. The third kappa shape index (κ3) is 3.38. The van der Waals surface area contributed by atoms with Crippen LogP contribution < -0.4 is 0 Å². The largest absolute Gasteiger partial charge is 0.232 e. The van der Waals surface area contributed by atoms with E-state index >= 15 is 0 Å². The van der Waals surface area contributed by atoms with E-state index in [0.29, 0.717) is 5.41 Å². The first-order valence-electron chi connectivity index (χ1n) is 8.34. The van der Waals surface area contributed by atoms with E-state index in [1.165, 1.54) is 30.1 Å². The second-order valence-electron chi connectivity index (χ2n) is 7.13. The van der Waals surface area contributed by atoms with Crippen LogP contribution in [0.1, 0.15) is 42.4 Å². The number of hydrogen-bond acceptors (Lipinski definition) is 2. The Bertz CT molecular complexity index is 933. The molecule has 130 valence electrons. The minimum absolute atomic E-state index is 0.0685. The zero-order valence-electron chi connectivity index (χ0n) is 13.6. The van der Waals surface area contributed by atoms with Gasteiger partial charge in [-0.15, -0.1) is 0 Å². The van der Waals surface area contributed by atoms with Gasteiger partial charge in [-0.05, 0) is 71.1 Å². The highest BCUT2D eigenvalue weighted by atomic mass is 35.5.